The molecule has 0 atom stereocenters. The molecule has 3 aromatic heterocycles. The topological polar surface area (TPSA) is 52.6 Å². The molecular formula is C17H13N3O2. The van der Waals surface area contributed by atoms with Gasteiger partial charge in [-0.25, -0.2) is 9.50 Å². The second-order valence-corrected chi connectivity index (χ2v) is 4.82. The average molecular weight is 291 g/mol. The molecular weight excluding hydrogens is 278 g/mol. The summed E-state index contributed by atoms with van der Waals surface area (Å²) in [5, 5.41) is 4.50. The van der Waals surface area contributed by atoms with E-state index in [1.165, 1.54) is 0 Å². The molecule has 0 aliphatic carbocycles. The first-order chi connectivity index (χ1) is 10.9. The van der Waals surface area contributed by atoms with Crippen LogP contribution in [0.4, 0.5) is 0 Å². The number of aromatic nitrogens is 3. The van der Waals surface area contributed by atoms with E-state index >= 15 is 0 Å². The fourth-order valence-electron chi connectivity index (χ4n) is 2.28. The molecule has 0 radical (unpaired) electrons. The van der Waals surface area contributed by atoms with E-state index < -0.39 is 0 Å². The first-order valence-electron chi connectivity index (χ1n) is 6.95. The van der Waals surface area contributed by atoms with Gasteiger partial charge in [-0.15, -0.1) is 5.10 Å². The third-order valence-electron chi connectivity index (χ3n) is 3.35. The quantitative estimate of drug-likeness (QED) is 0.577. The molecule has 5 heteroatoms. The van der Waals surface area contributed by atoms with E-state index in [1.54, 1.807) is 16.8 Å². The van der Waals surface area contributed by atoms with Gasteiger partial charge in [-0.3, -0.25) is 0 Å². The van der Waals surface area contributed by atoms with Gasteiger partial charge >= 0.3 is 0 Å². The lowest BCUT2D eigenvalue weighted by Crippen LogP contribution is -2.00. The Bertz CT molecular complexity index is 883. The Hall–Kier alpha value is -3.08. The van der Waals surface area contributed by atoms with E-state index in [2.05, 4.69) is 10.1 Å². The monoisotopic (exact) mass is 291 g/mol. The van der Waals surface area contributed by atoms with Gasteiger partial charge in [-0.05, 0) is 18.2 Å². The molecule has 1 aromatic carbocycles. The molecule has 0 amide bonds. The van der Waals surface area contributed by atoms with Crippen molar-refractivity contribution in [3.63, 3.8) is 0 Å². The number of furan rings is 1. The van der Waals surface area contributed by atoms with Crippen molar-refractivity contribution < 1.29 is 9.15 Å². The van der Waals surface area contributed by atoms with E-state index in [9.17, 15) is 0 Å². The fraction of sp³-hybridized carbons (Fsp3) is 0.0588. The highest BCUT2D eigenvalue weighted by molar-refractivity contribution is 5.62. The molecule has 0 N–H and O–H groups in total. The van der Waals surface area contributed by atoms with Crippen LogP contribution in [-0.2, 0) is 6.61 Å². The smallest absolute Gasteiger partial charge is 0.232 e. The van der Waals surface area contributed by atoms with Crippen LogP contribution in [0.2, 0.25) is 0 Å². The van der Waals surface area contributed by atoms with Gasteiger partial charge in [0.25, 0.3) is 0 Å². The number of imidazole rings is 1. The number of nitrogens with zero attached hydrogens (tertiary/aromatic N) is 3. The molecule has 0 aliphatic rings. The lowest BCUT2D eigenvalue weighted by atomic mass is 10.2. The van der Waals surface area contributed by atoms with E-state index in [0.29, 0.717) is 12.5 Å². The molecule has 0 bridgehead atoms. The van der Waals surface area contributed by atoms with Gasteiger partial charge in [-0.2, -0.15) is 0 Å². The van der Waals surface area contributed by atoms with Crippen LogP contribution in [0, 0.1) is 0 Å². The molecule has 0 fully saturated rings. The third-order valence-corrected chi connectivity index (χ3v) is 3.35. The van der Waals surface area contributed by atoms with Gasteiger partial charge in [0, 0.05) is 11.6 Å². The summed E-state index contributed by atoms with van der Waals surface area (Å²) in [6.07, 6.45) is 3.44. The van der Waals surface area contributed by atoms with Gasteiger partial charge in [0.1, 0.15) is 12.4 Å². The molecule has 0 spiro atoms. The van der Waals surface area contributed by atoms with Crippen LogP contribution in [0.25, 0.3) is 16.9 Å². The first kappa shape index (κ1) is 12.6. The molecule has 4 rings (SSSR count). The van der Waals surface area contributed by atoms with Crippen molar-refractivity contribution in [3.8, 4) is 17.1 Å². The highest BCUT2D eigenvalue weighted by Gasteiger charge is 2.08. The lowest BCUT2D eigenvalue weighted by Gasteiger charge is -2.05. The zero-order valence-electron chi connectivity index (χ0n) is 11.7. The van der Waals surface area contributed by atoms with Crippen LogP contribution >= 0.6 is 0 Å². The maximum Gasteiger partial charge on any atom is 0.232 e. The summed E-state index contributed by atoms with van der Waals surface area (Å²) in [6.45, 7) is 0.348. The number of hydrogen-bond donors (Lipinski definition) is 0. The zero-order chi connectivity index (χ0) is 14.8. The Morgan fingerprint density at radius 1 is 1.00 bits per heavy atom. The van der Waals surface area contributed by atoms with Crippen molar-refractivity contribution in [1.82, 2.24) is 14.6 Å². The first-order valence-corrected chi connectivity index (χ1v) is 6.95. The Balaban J connectivity index is 1.67. The number of benzene rings is 1. The highest BCUT2D eigenvalue weighted by atomic mass is 16.5. The predicted molar refractivity (Wildman–Crippen MR) is 81.5 cm³/mol. The van der Waals surface area contributed by atoms with Crippen molar-refractivity contribution in [2.75, 3.05) is 0 Å². The number of ether oxygens (including phenoxy) is 1. The normalized spacial score (nSPS) is 10.9. The van der Waals surface area contributed by atoms with E-state index in [-0.39, 0.29) is 0 Å². The Morgan fingerprint density at radius 3 is 2.73 bits per heavy atom. The maximum absolute atomic E-state index is 5.67. The standard InChI is InChI=1S/C17H13N3O2/c1-2-5-13(6-3-1)15-11-18-16-8-9-17(19-20(15)16)22-12-14-7-4-10-21-14/h1-11H,12H2. The summed E-state index contributed by atoms with van der Waals surface area (Å²) in [4.78, 5) is 4.37. The SMILES string of the molecule is c1ccc(-c2cnc3ccc(OCc4ccco4)nn23)cc1. The van der Waals surface area contributed by atoms with E-state index in [1.807, 2.05) is 54.7 Å². The summed E-state index contributed by atoms with van der Waals surface area (Å²) in [5.41, 5.74) is 2.77. The number of rotatable bonds is 4. The Morgan fingerprint density at radius 2 is 1.91 bits per heavy atom. The molecule has 0 unspecified atom stereocenters. The molecule has 0 saturated carbocycles. The van der Waals surface area contributed by atoms with Crippen LogP contribution in [0.3, 0.4) is 0 Å². The van der Waals surface area contributed by atoms with Gasteiger partial charge in [0.15, 0.2) is 5.65 Å². The van der Waals surface area contributed by atoms with E-state index in [4.69, 9.17) is 9.15 Å². The molecule has 5 nitrogen and oxygen atoms in total. The zero-order valence-corrected chi connectivity index (χ0v) is 11.7. The fourth-order valence-corrected chi connectivity index (χ4v) is 2.28. The molecule has 22 heavy (non-hydrogen) atoms. The minimum atomic E-state index is 0.348. The molecule has 0 aliphatic heterocycles. The number of fused-ring (bicyclic) bond motifs is 1. The van der Waals surface area contributed by atoms with Crippen LogP contribution < -0.4 is 4.74 Å². The van der Waals surface area contributed by atoms with Crippen molar-refractivity contribution in [3.05, 3.63) is 72.8 Å². The molecule has 4 aromatic rings. The number of hydrogen-bond acceptors (Lipinski definition) is 4. The molecule has 108 valence electrons. The van der Waals surface area contributed by atoms with Gasteiger partial charge in [0.05, 0.1) is 18.2 Å². The second-order valence-electron chi connectivity index (χ2n) is 4.82. The van der Waals surface area contributed by atoms with Crippen molar-refractivity contribution >= 4 is 5.65 Å². The average Bonchev–Trinajstić information content (AvgIpc) is 3.23. The molecule has 3 heterocycles. The molecule has 0 saturated heterocycles. The van der Waals surface area contributed by atoms with Crippen LogP contribution in [0.15, 0.2) is 71.5 Å². The third kappa shape index (κ3) is 2.33. The lowest BCUT2D eigenvalue weighted by molar-refractivity contribution is 0.257. The van der Waals surface area contributed by atoms with Crippen molar-refractivity contribution in [2.24, 2.45) is 0 Å². The van der Waals surface area contributed by atoms with Gasteiger partial charge in [0.2, 0.25) is 5.88 Å². The van der Waals surface area contributed by atoms with Crippen LogP contribution in [-0.4, -0.2) is 14.6 Å². The van der Waals surface area contributed by atoms with Crippen molar-refractivity contribution in [2.45, 2.75) is 6.61 Å². The largest absolute Gasteiger partial charge is 0.468 e. The van der Waals surface area contributed by atoms with E-state index in [0.717, 1.165) is 22.7 Å². The second kappa shape index (κ2) is 5.37. The van der Waals surface area contributed by atoms with Crippen LogP contribution in [0.1, 0.15) is 5.76 Å². The summed E-state index contributed by atoms with van der Waals surface area (Å²) in [5.74, 6) is 1.29. The van der Waals surface area contributed by atoms with Gasteiger partial charge in [-0.1, -0.05) is 30.3 Å². The summed E-state index contributed by atoms with van der Waals surface area (Å²) < 4.78 is 12.7. The summed E-state index contributed by atoms with van der Waals surface area (Å²) >= 11 is 0. The Kier molecular flexibility index (Phi) is 3.08. The summed E-state index contributed by atoms with van der Waals surface area (Å²) in [6, 6.07) is 17.4. The van der Waals surface area contributed by atoms with Crippen molar-refractivity contribution in [1.29, 1.82) is 0 Å². The summed E-state index contributed by atoms with van der Waals surface area (Å²) in [7, 11) is 0. The van der Waals surface area contributed by atoms with Crippen LogP contribution in [0.5, 0.6) is 5.88 Å². The minimum absolute atomic E-state index is 0.348. The Labute approximate surface area is 126 Å². The predicted octanol–water partition coefficient (Wildman–Crippen LogP) is 3.57. The maximum atomic E-state index is 5.67. The van der Waals surface area contributed by atoms with Gasteiger partial charge < -0.3 is 9.15 Å². The minimum Gasteiger partial charge on any atom is -0.468 e. The highest BCUT2D eigenvalue weighted by Crippen LogP contribution is 2.21.